The van der Waals surface area contributed by atoms with Crippen LogP contribution in [0, 0.1) is 6.92 Å². The molecule has 0 aliphatic heterocycles. The maximum atomic E-state index is 12.5. The largest absolute Gasteiger partial charge is 0.462 e. The highest BCUT2D eigenvalue weighted by Crippen LogP contribution is 2.28. The molecule has 154 valence electrons. The fourth-order valence-corrected chi connectivity index (χ4v) is 4.07. The maximum Gasteiger partial charge on any atom is 0.343 e. The normalized spacial score (nSPS) is 11.6. The summed E-state index contributed by atoms with van der Waals surface area (Å²) in [4.78, 5) is 16.5. The average Bonchev–Trinajstić information content (AvgIpc) is 3.09. The number of benzene rings is 1. The van der Waals surface area contributed by atoms with Crippen molar-refractivity contribution in [3.05, 3.63) is 46.7 Å². The van der Waals surface area contributed by atoms with Gasteiger partial charge >= 0.3 is 5.97 Å². The van der Waals surface area contributed by atoms with Crippen molar-refractivity contribution in [1.29, 1.82) is 0 Å². The number of nitrogens with zero attached hydrogens (tertiary/aromatic N) is 3. The van der Waals surface area contributed by atoms with Gasteiger partial charge in [-0.25, -0.2) is 22.9 Å². The van der Waals surface area contributed by atoms with Crippen molar-refractivity contribution in [3.63, 3.8) is 0 Å². The van der Waals surface area contributed by atoms with E-state index < -0.39 is 16.0 Å². The molecule has 0 amide bonds. The van der Waals surface area contributed by atoms with E-state index in [2.05, 4.69) is 20.1 Å². The Bertz CT molecular complexity index is 1180. The number of nitrogens with one attached hydrogen (secondary N) is 2. The minimum absolute atomic E-state index is 0.0770. The highest BCUT2D eigenvalue weighted by Gasteiger charge is 2.25. The fourth-order valence-electron chi connectivity index (χ4n) is 2.74. The number of hydrogen-bond acceptors (Lipinski definition) is 7. The molecule has 0 saturated heterocycles. The second kappa shape index (κ2) is 8.36. The number of aryl methyl sites for hydroxylation is 1. The third-order valence-electron chi connectivity index (χ3n) is 4.06. The lowest BCUT2D eigenvalue weighted by Crippen LogP contribution is -2.23. The number of hydrogen-bond donors (Lipinski definition) is 2. The number of carbonyl (C=O) groups excluding carboxylic acids is 1. The van der Waals surface area contributed by atoms with Gasteiger partial charge in [0, 0.05) is 23.5 Å². The molecule has 3 aromatic rings. The molecule has 0 spiro atoms. The first-order chi connectivity index (χ1) is 13.8. The summed E-state index contributed by atoms with van der Waals surface area (Å²) in [5.41, 5.74) is 1.68. The van der Waals surface area contributed by atoms with Crippen LogP contribution in [0.1, 0.15) is 29.8 Å². The van der Waals surface area contributed by atoms with Crippen LogP contribution < -0.4 is 10.0 Å². The fraction of sp³-hybridized carbons (Fsp3) is 0.278. The third kappa shape index (κ3) is 4.19. The van der Waals surface area contributed by atoms with E-state index in [1.54, 1.807) is 32.0 Å². The monoisotopic (exact) mass is 437 g/mol. The van der Waals surface area contributed by atoms with Gasteiger partial charge in [0.2, 0.25) is 10.0 Å². The standard InChI is InChI=1S/C18H20ClN5O4S/c1-4-22-29(26,27)15-10-21-24-16(23-14-7-6-12(19)8-11(14)3)13(9-20-17(15)24)18(25)28-5-2/h6-10,22-23H,4-5H2,1-3H3. The zero-order chi connectivity index (χ0) is 21.2. The Morgan fingerprint density at radius 2 is 2.03 bits per heavy atom. The summed E-state index contributed by atoms with van der Waals surface area (Å²) in [6.07, 6.45) is 2.46. The van der Waals surface area contributed by atoms with Crippen molar-refractivity contribution >= 4 is 44.7 Å². The van der Waals surface area contributed by atoms with E-state index >= 15 is 0 Å². The van der Waals surface area contributed by atoms with Crippen LogP contribution in [0.25, 0.3) is 5.65 Å². The van der Waals surface area contributed by atoms with Crippen molar-refractivity contribution in [2.45, 2.75) is 25.7 Å². The molecule has 0 radical (unpaired) electrons. The maximum absolute atomic E-state index is 12.5. The van der Waals surface area contributed by atoms with Gasteiger partial charge in [-0.15, -0.1) is 0 Å². The second-order valence-corrected chi connectivity index (χ2v) is 8.24. The average molecular weight is 438 g/mol. The quantitative estimate of drug-likeness (QED) is 0.546. The number of aromatic nitrogens is 3. The Morgan fingerprint density at radius 3 is 2.69 bits per heavy atom. The first-order valence-electron chi connectivity index (χ1n) is 8.85. The van der Waals surface area contributed by atoms with Crippen molar-refractivity contribution in [2.24, 2.45) is 0 Å². The van der Waals surface area contributed by atoms with Crippen LogP contribution in [0.3, 0.4) is 0 Å². The highest BCUT2D eigenvalue weighted by atomic mass is 35.5. The van der Waals surface area contributed by atoms with Gasteiger partial charge in [0.1, 0.15) is 10.5 Å². The summed E-state index contributed by atoms with van der Waals surface area (Å²) in [6, 6.07) is 5.21. The summed E-state index contributed by atoms with van der Waals surface area (Å²) in [7, 11) is -3.80. The van der Waals surface area contributed by atoms with Crippen molar-refractivity contribution in [1.82, 2.24) is 19.3 Å². The molecule has 2 aromatic heterocycles. The molecule has 0 fully saturated rings. The summed E-state index contributed by atoms with van der Waals surface area (Å²) in [6.45, 7) is 5.60. The molecule has 0 unspecified atom stereocenters. The molecule has 11 heteroatoms. The lowest BCUT2D eigenvalue weighted by molar-refractivity contribution is 0.0526. The number of fused-ring (bicyclic) bond motifs is 1. The van der Waals surface area contributed by atoms with Crippen LogP contribution in [0.5, 0.6) is 0 Å². The summed E-state index contributed by atoms with van der Waals surface area (Å²) < 4.78 is 33.7. The third-order valence-corrected chi connectivity index (χ3v) is 5.83. The number of halogens is 1. The van der Waals surface area contributed by atoms with Gasteiger partial charge in [0.15, 0.2) is 11.5 Å². The smallest absolute Gasteiger partial charge is 0.343 e. The summed E-state index contributed by atoms with van der Waals surface area (Å²) in [5.74, 6) is -0.376. The highest BCUT2D eigenvalue weighted by molar-refractivity contribution is 7.89. The molecule has 9 nitrogen and oxygen atoms in total. The zero-order valence-corrected chi connectivity index (χ0v) is 17.6. The van der Waals surface area contributed by atoms with Crippen LogP contribution in [0.2, 0.25) is 5.02 Å². The van der Waals surface area contributed by atoms with E-state index in [1.165, 1.54) is 16.9 Å². The number of esters is 1. The first kappa shape index (κ1) is 21.0. The number of carbonyl (C=O) groups is 1. The molecule has 29 heavy (non-hydrogen) atoms. The lowest BCUT2D eigenvalue weighted by atomic mass is 10.2. The minimum atomic E-state index is -3.80. The van der Waals surface area contributed by atoms with E-state index in [1.807, 2.05) is 6.92 Å². The molecule has 2 heterocycles. The van der Waals surface area contributed by atoms with Crippen LogP contribution >= 0.6 is 11.6 Å². The Morgan fingerprint density at radius 1 is 1.28 bits per heavy atom. The van der Waals surface area contributed by atoms with Crippen LogP contribution in [-0.4, -0.2) is 42.1 Å². The van der Waals surface area contributed by atoms with Crippen molar-refractivity contribution in [2.75, 3.05) is 18.5 Å². The first-order valence-corrected chi connectivity index (χ1v) is 10.7. The van der Waals surface area contributed by atoms with Crippen LogP contribution in [0.4, 0.5) is 11.5 Å². The number of anilines is 2. The molecule has 3 rings (SSSR count). The van der Waals surface area contributed by atoms with E-state index in [4.69, 9.17) is 16.3 Å². The lowest BCUT2D eigenvalue weighted by Gasteiger charge is -2.14. The van der Waals surface area contributed by atoms with E-state index in [-0.39, 0.29) is 35.1 Å². The molecule has 0 atom stereocenters. The van der Waals surface area contributed by atoms with Gasteiger partial charge in [0.25, 0.3) is 0 Å². The molecule has 0 bridgehead atoms. The Labute approximate surface area is 173 Å². The SMILES string of the molecule is CCNS(=O)(=O)c1cnn2c(Nc3ccc(Cl)cc3C)c(C(=O)OCC)cnc12. The number of sulfonamides is 1. The van der Waals surface area contributed by atoms with Crippen LogP contribution in [0.15, 0.2) is 35.5 Å². The molecular formula is C18H20ClN5O4S. The zero-order valence-electron chi connectivity index (χ0n) is 16.1. The molecule has 1 aromatic carbocycles. The van der Waals surface area contributed by atoms with Gasteiger partial charge in [-0.05, 0) is 37.6 Å². The molecule has 0 aliphatic rings. The van der Waals surface area contributed by atoms with Gasteiger partial charge in [-0.3, -0.25) is 0 Å². The van der Waals surface area contributed by atoms with Gasteiger partial charge < -0.3 is 10.1 Å². The predicted octanol–water partition coefficient (Wildman–Crippen LogP) is 2.91. The summed E-state index contributed by atoms with van der Waals surface area (Å²) >= 11 is 6.02. The van der Waals surface area contributed by atoms with Gasteiger partial charge in [-0.1, -0.05) is 18.5 Å². The van der Waals surface area contributed by atoms with E-state index in [0.717, 1.165) is 5.56 Å². The van der Waals surface area contributed by atoms with Gasteiger partial charge in [-0.2, -0.15) is 9.61 Å². The van der Waals surface area contributed by atoms with Crippen LogP contribution in [-0.2, 0) is 14.8 Å². The predicted molar refractivity (Wildman–Crippen MR) is 109 cm³/mol. The topological polar surface area (TPSA) is 115 Å². The Kier molecular flexibility index (Phi) is 6.06. The Hall–Kier alpha value is -2.69. The van der Waals surface area contributed by atoms with E-state index in [0.29, 0.717) is 10.7 Å². The number of rotatable bonds is 7. The Balaban J connectivity index is 2.21. The second-order valence-electron chi connectivity index (χ2n) is 6.07. The molecule has 0 aliphatic carbocycles. The molecule has 2 N–H and O–H groups in total. The van der Waals surface area contributed by atoms with Crippen molar-refractivity contribution in [3.8, 4) is 0 Å². The number of ether oxygens (including phenoxy) is 1. The summed E-state index contributed by atoms with van der Waals surface area (Å²) in [5, 5.41) is 7.85. The van der Waals surface area contributed by atoms with Crippen molar-refractivity contribution < 1.29 is 17.9 Å². The minimum Gasteiger partial charge on any atom is -0.462 e. The van der Waals surface area contributed by atoms with E-state index in [9.17, 15) is 13.2 Å². The molecular weight excluding hydrogens is 418 g/mol. The molecule has 0 saturated carbocycles. The van der Waals surface area contributed by atoms with Gasteiger partial charge in [0.05, 0.1) is 12.8 Å².